The number of hydrogen-bond donors (Lipinski definition) is 4. The third-order valence-corrected chi connectivity index (χ3v) is 7.76. The Labute approximate surface area is 253 Å². The van der Waals surface area contributed by atoms with Crippen LogP contribution in [0.3, 0.4) is 0 Å². The maximum atomic E-state index is 13.2. The number of para-hydroxylation sites is 1. The highest BCUT2D eigenvalue weighted by Gasteiger charge is 2.26. The molecule has 0 saturated heterocycles. The molecule has 0 aliphatic heterocycles. The molecule has 4 amide bonds. The van der Waals surface area contributed by atoms with E-state index in [2.05, 4.69) is 20.9 Å². The zero-order chi connectivity index (χ0) is 30.2. The fourth-order valence-corrected chi connectivity index (χ4v) is 5.44. The standard InChI is InChI=1S/C30H31Cl2N5O5/c1-37(20-7-3-2-4-8-20)28(39)21-9-5-6-10-24(21)35-30(42)36-25(29(40)41)15-18-11-13-19(14-12-18)34-27(38)26-22(31)16-33-17-23(26)32/h5-6,9-14,16-17,20,25H,2-4,7-8,15H2,1H3,(H,34,38)(H,40,41)(H2,35,36,42). The molecule has 0 bridgehead atoms. The second kappa shape index (κ2) is 14.2. The predicted molar refractivity (Wildman–Crippen MR) is 161 cm³/mol. The van der Waals surface area contributed by atoms with Crippen molar-refractivity contribution in [1.82, 2.24) is 15.2 Å². The van der Waals surface area contributed by atoms with Gasteiger partial charge in [-0.05, 0) is 42.7 Å². The number of carboxylic acids is 1. The number of carbonyl (C=O) groups excluding carboxylic acids is 3. The lowest BCUT2D eigenvalue weighted by Gasteiger charge is -2.31. The first-order valence-electron chi connectivity index (χ1n) is 13.5. The normalized spacial score (nSPS) is 14.0. The summed E-state index contributed by atoms with van der Waals surface area (Å²) in [5.41, 5.74) is 1.75. The number of aromatic nitrogens is 1. The van der Waals surface area contributed by atoms with Gasteiger partial charge in [0.15, 0.2) is 0 Å². The summed E-state index contributed by atoms with van der Waals surface area (Å²) >= 11 is 12.1. The molecular weight excluding hydrogens is 581 g/mol. The number of amides is 4. The SMILES string of the molecule is CN(C(=O)c1ccccc1NC(=O)NC(Cc1ccc(NC(=O)c2c(Cl)cncc2Cl)cc1)C(=O)O)C1CCCCC1. The van der Waals surface area contributed by atoms with Crippen molar-refractivity contribution in [2.45, 2.75) is 50.6 Å². The first kappa shape index (κ1) is 30.8. The number of benzene rings is 2. The number of nitrogens with zero attached hydrogens (tertiary/aromatic N) is 2. The van der Waals surface area contributed by atoms with Gasteiger partial charge in [0.2, 0.25) is 0 Å². The molecule has 1 saturated carbocycles. The number of rotatable bonds is 9. The van der Waals surface area contributed by atoms with E-state index in [-0.39, 0.29) is 34.0 Å². The van der Waals surface area contributed by atoms with Gasteiger partial charge in [-0.1, -0.05) is 66.7 Å². The fraction of sp³-hybridized carbons (Fsp3) is 0.300. The Morgan fingerprint density at radius 2 is 1.60 bits per heavy atom. The van der Waals surface area contributed by atoms with Crippen LogP contribution in [0.2, 0.25) is 10.0 Å². The topological polar surface area (TPSA) is 141 Å². The minimum Gasteiger partial charge on any atom is -0.480 e. The van der Waals surface area contributed by atoms with Crippen LogP contribution in [0.25, 0.3) is 0 Å². The molecule has 0 radical (unpaired) electrons. The number of nitrogens with one attached hydrogen (secondary N) is 3. The van der Waals surface area contributed by atoms with Crippen LogP contribution in [0.15, 0.2) is 60.9 Å². The molecule has 0 spiro atoms. The molecule has 12 heteroatoms. The van der Waals surface area contributed by atoms with Gasteiger partial charge in [0.1, 0.15) is 6.04 Å². The number of carboxylic acid groups (broad SMARTS) is 1. The van der Waals surface area contributed by atoms with Crippen molar-refractivity contribution in [2.24, 2.45) is 0 Å². The van der Waals surface area contributed by atoms with E-state index in [0.29, 0.717) is 22.5 Å². The van der Waals surface area contributed by atoms with Gasteiger partial charge in [-0.2, -0.15) is 0 Å². The molecule has 3 aromatic rings. The van der Waals surface area contributed by atoms with Crippen LogP contribution in [0, 0.1) is 0 Å². The lowest BCUT2D eigenvalue weighted by molar-refractivity contribution is -0.139. The largest absolute Gasteiger partial charge is 0.480 e. The van der Waals surface area contributed by atoms with Gasteiger partial charge in [0, 0.05) is 37.6 Å². The molecular formula is C30H31Cl2N5O5. The van der Waals surface area contributed by atoms with Crippen molar-refractivity contribution < 1.29 is 24.3 Å². The van der Waals surface area contributed by atoms with Crippen LogP contribution in [-0.4, -0.2) is 57.9 Å². The van der Waals surface area contributed by atoms with Crippen molar-refractivity contribution in [2.75, 3.05) is 17.7 Å². The maximum Gasteiger partial charge on any atom is 0.326 e. The molecule has 1 unspecified atom stereocenters. The van der Waals surface area contributed by atoms with Gasteiger partial charge < -0.3 is 26.0 Å². The van der Waals surface area contributed by atoms with E-state index in [0.717, 1.165) is 25.7 Å². The number of anilines is 2. The van der Waals surface area contributed by atoms with Crippen molar-refractivity contribution >= 4 is 58.4 Å². The summed E-state index contributed by atoms with van der Waals surface area (Å²) in [6.07, 6.45) is 7.81. The molecule has 1 fully saturated rings. The molecule has 4 rings (SSSR count). The second-order valence-corrected chi connectivity index (χ2v) is 10.9. The molecule has 4 N–H and O–H groups in total. The third kappa shape index (κ3) is 7.77. The van der Waals surface area contributed by atoms with E-state index in [1.54, 1.807) is 60.5 Å². The van der Waals surface area contributed by atoms with E-state index < -0.39 is 23.9 Å². The maximum absolute atomic E-state index is 13.2. The average molecular weight is 613 g/mol. The summed E-state index contributed by atoms with van der Waals surface area (Å²) in [5, 5.41) is 17.8. The van der Waals surface area contributed by atoms with E-state index in [1.165, 1.54) is 18.8 Å². The van der Waals surface area contributed by atoms with Gasteiger partial charge in [-0.3, -0.25) is 14.6 Å². The van der Waals surface area contributed by atoms with E-state index >= 15 is 0 Å². The van der Waals surface area contributed by atoms with Crippen LogP contribution in [-0.2, 0) is 11.2 Å². The second-order valence-electron chi connectivity index (χ2n) is 10.1. The smallest absolute Gasteiger partial charge is 0.326 e. The van der Waals surface area contributed by atoms with Crippen molar-refractivity contribution in [3.05, 3.63) is 87.7 Å². The first-order chi connectivity index (χ1) is 20.1. The summed E-state index contributed by atoms with van der Waals surface area (Å²) < 4.78 is 0. The monoisotopic (exact) mass is 611 g/mol. The number of urea groups is 1. The van der Waals surface area contributed by atoms with Gasteiger partial charge in [0.25, 0.3) is 11.8 Å². The number of carbonyl (C=O) groups is 4. The molecule has 1 aromatic heterocycles. The van der Waals surface area contributed by atoms with Gasteiger partial charge >= 0.3 is 12.0 Å². The highest BCUT2D eigenvalue weighted by molar-refractivity contribution is 6.40. The molecule has 42 heavy (non-hydrogen) atoms. The van der Waals surface area contributed by atoms with E-state index in [4.69, 9.17) is 23.2 Å². The summed E-state index contributed by atoms with van der Waals surface area (Å²) in [5.74, 6) is -1.95. The molecule has 10 nitrogen and oxygen atoms in total. The summed E-state index contributed by atoms with van der Waals surface area (Å²) in [6.45, 7) is 0. The van der Waals surface area contributed by atoms with Gasteiger partial charge in [-0.15, -0.1) is 0 Å². The number of pyridine rings is 1. The summed E-state index contributed by atoms with van der Waals surface area (Å²) in [6, 6.07) is 11.3. The highest BCUT2D eigenvalue weighted by Crippen LogP contribution is 2.26. The van der Waals surface area contributed by atoms with Crippen LogP contribution in [0.4, 0.5) is 16.2 Å². The predicted octanol–water partition coefficient (Wildman–Crippen LogP) is 5.86. The van der Waals surface area contributed by atoms with Crippen LogP contribution >= 0.6 is 23.2 Å². The Hall–Kier alpha value is -4.15. The minimum atomic E-state index is -1.26. The Bertz CT molecular complexity index is 1440. The molecule has 220 valence electrons. The van der Waals surface area contributed by atoms with Crippen molar-refractivity contribution in [3.8, 4) is 0 Å². The Balaban J connectivity index is 1.38. The Morgan fingerprint density at radius 3 is 2.24 bits per heavy atom. The number of aliphatic carboxylic acids is 1. The zero-order valence-electron chi connectivity index (χ0n) is 22.9. The Kier molecular flexibility index (Phi) is 10.4. The van der Waals surface area contributed by atoms with Gasteiger partial charge in [-0.25, -0.2) is 9.59 Å². The highest BCUT2D eigenvalue weighted by atomic mass is 35.5. The molecule has 1 heterocycles. The average Bonchev–Trinajstić information content (AvgIpc) is 2.97. The molecule has 2 aromatic carbocycles. The third-order valence-electron chi connectivity index (χ3n) is 7.18. The van der Waals surface area contributed by atoms with Crippen molar-refractivity contribution in [1.29, 1.82) is 0 Å². The molecule has 1 aliphatic carbocycles. The lowest BCUT2D eigenvalue weighted by Crippen LogP contribution is -2.44. The van der Waals surface area contributed by atoms with E-state index in [9.17, 15) is 24.3 Å². The quantitative estimate of drug-likeness (QED) is 0.239. The van der Waals surface area contributed by atoms with Crippen LogP contribution in [0.1, 0.15) is 58.4 Å². The number of halogens is 2. The van der Waals surface area contributed by atoms with Crippen LogP contribution in [0.5, 0.6) is 0 Å². The van der Waals surface area contributed by atoms with Crippen LogP contribution < -0.4 is 16.0 Å². The Morgan fingerprint density at radius 1 is 0.952 bits per heavy atom. The zero-order valence-corrected chi connectivity index (χ0v) is 24.4. The lowest BCUT2D eigenvalue weighted by atomic mass is 9.94. The fourth-order valence-electron chi connectivity index (χ4n) is 4.90. The summed E-state index contributed by atoms with van der Waals surface area (Å²) in [7, 11) is 1.77. The van der Waals surface area contributed by atoms with Crippen molar-refractivity contribution in [3.63, 3.8) is 0 Å². The van der Waals surface area contributed by atoms with Gasteiger partial charge in [0.05, 0.1) is 26.9 Å². The molecule has 1 aliphatic rings. The minimum absolute atomic E-state index is 0.0238. The number of hydrogen-bond acceptors (Lipinski definition) is 5. The summed E-state index contributed by atoms with van der Waals surface area (Å²) in [4.78, 5) is 56.2. The molecule has 1 atom stereocenters. The van der Waals surface area contributed by atoms with E-state index in [1.807, 2.05) is 0 Å². The first-order valence-corrected chi connectivity index (χ1v) is 14.3.